The highest BCUT2D eigenvalue weighted by Gasteiger charge is 2.09. The molecule has 28 heavy (non-hydrogen) atoms. The molecule has 0 fully saturated rings. The molecule has 0 saturated carbocycles. The molecule has 3 rings (SSSR count). The van der Waals surface area contributed by atoms with Crippen LogP contribution in [0, 0.1) is 5.82 Å². The maximum absolute atomic E-state index is 13.7. The van der Waals surface area contributed by atoms with Gasteiger partial charge in [-0.1, -0.05) is 36.4 Å². The van der Waals surface area contributed by atoms with Gasteiger partial charge in [-0.15, -0.1) is 0 Å². The molecule has 0 radical (unpaired) electrons. The number of benzene rings is 2. The topological polar surface area (TPSA) is 63.2 Å². The van der Waals surface area contributed by atoms with Crippen molar-refractivity contribution in [3.63, 3.8) is 0 Å². The Morgan fingerprint density at radius 1 is 1.07 bits per heavy atom. The van der Waals surface area contributed by atoms with Crippen LogP contribution in [-0.2, 0) is 13.0 Å². The molecule has 6 heteroatoms. The van der Waals surface area contributed by atoms with Crippen LogP contribution in [-0.4, -0.2) is 24.5 Å². The molecule has 3 aromatic rings. The number of aromatic nitrogens is 1. The molecule has 144 valence electrons. The van der Waals surface area contributed by atoms with Crippen molar-refractivity contribution in [2.75, 3.05) is 19.0 Å². The zero-order chi connectivity index (χ0) is 19.8. The van der Waals surface area contributed by atoms with Crippen LogP contribution in [0.3, 0.4) is 0 Å². The van der Waals surface area contributed by atoms with Crippen LogP contribution in [0.2, 0.25) is 0 Å². The Kier molecular flexibility index (Phi) is 6.57. The number of carbonyl (C=O) groups is 1. The molecular formula is C22H22FN3O2. The van der Waals surface area contributed by atoms with Crippen LogP contribution in [0.25, 0.3) is 0 Å². The number of hydrogen-bond acceptors (Lipinski definition) is 4. The lowest BCUT2D eigenvalue weighted by molar-refractivity contribution is 0.0950. The maximum atomic E-state index is 13.7. The van der Waals surface area contributed by atoms with Gasteiger partial charge < -0.3 is 15.4 Å². The second-order valence-electron chi connectivity index (χ2n) is 6.23. The highest BCUT2D eigenvalue weighted by atomic mass is 19.1. The number of nitrogens with zero attached hydrogens (tertiary/aromatic N) is 1. The van der Waals surface area contributed by atoms with Gasteiger partial charge >= 0.3 is 0 Å². The maximum Gasteiger partial charge on any atom is 0.253 e. The fourth-order valence-corrected chi connectivity index (χ4v) is 2.83. The molecule has 0 aliphatic rings. The molecule has 0 atom stereocenters. The first-order valence-electron chi connectivity index (χ1n) is 9.00. The van der Waals surface area contributed by atoms with Crippen molar-refractivity contribution in [1.29, 1.82) is 0 Å². The quantitative estimate of drug-likeness (QED) is 0.625. The lowest BCUT2D eigenvalue weighted by atomic mass is 10.1. The summed E-state index contributed by atoms with van der Waals surface area (Å²) >= 11 is 0. The van der Waals surface area contributed by atoms with Crippen molar-refractivity contribution >= 4 is 11.6 Å². The summed E-state index contributed by atoms with van der Waals surface area (Å²) in [6.07, 6.45) is 3.92. The second kappa shape index (κ2) is 9.50. The average Bonchev–Trinajstić information content (AvgIpc) is 2.73. The summed E-state index contributed by atoms with van der Waals surface area (Å²) in [4.78, 5) is 16.5. The largest absolute Gasteiger partial charge is 0.496 e. The van der Waals surface area contributed by atoms with E-state index in [2.05, 4.69) is 15.6 Å². The van der Waals surface area contributed by atoms with Crippen LogP contribution < -0.4 is 15.4 Å². The SMILES string of the molecule is COc1ccccc1CCNc1cncc(C(=O)NCc2ccccc2F)c1. The number of pyridine rings is 1. The molecule has 0 unspecified atom stereocenters. The first-order chi connectivity index (χ1) is 13.7. The zero-order valence-corrected chi connectivity index (χ0v) is 15.6. The molecule has 1 amide bonds. The van der Waals surface area contributed by atoms with Crippen LogP contribution in [0.1, 0.15) is 21.5 Å². The molecule has 5 nitrogen and oxygen atoms in total. The van der Waals surface area contributed by atoms with Crippen molar-refractivity contribution in [1.82, 2.24) is 10.3 Å². The van der Waals surface area contributed by atoms with E-state index in [4.69, 9.17) is 4.74 Å². The zero-order valence-electron chi connectivity index (χ0n) is 15.6. The molecule has 0 bridgehead atoms. The third-order valence-corrected chi connectivity index (χ3v) is 4.31. The number of hydrogen-bond donors (Lipinski definition) is 2. The molecule has 2 N–H and O–H groups in total. The van der Waals surface area contributed by atoms with E-state index in [9.17, 15) is 9.18 Å². The summed E-state index contributed by atoms with van der Waals surface area (Å²) < 4.78 is 19.0. The molecule has 0 spiro atoms. The van der Waals surface area contributed by atoms with Gasteiger partial charge in [0.15, 0.2) is 0 Å². The summed E-state index contributed by atoms with van der Waals surface area (Å²) in [6, 6.07) is 15.9. The molecule has 0 aliphatic heterocycles. The first kappa shape index (κ1) is 19.4. The Labute approximate surface area is 163 Å². The number of ether oxygens (including phenoxy) is 1. The predicted octanol–water partition coefficient (Wildman–Crippen LogP) is 3.81. The summed E-state index contributed by atoms with van der Waals surface area (Å²) in [5, 5.41) is 5.98. The van der Waals surface area contributed by atoms with Crippen LogP contribution >= 0.6 is 0 Å². The van der Waals surface area contributed by atoms with Gasteiger partial charge in [0, 0.05) is 31.0 Å². The lowest BCUT2D eigenvalue weighted by Crippen LogP contribution is -2.23. The fourth-order valence-electron chi connectivity index (χ4n) is 2.83. The van der Waals surface area contributed by atoms with Gasteiger partial charge in [-0.05, 0) is 30.2 Å². The highest BCUT2D eigenvalue weighted by Crippen LogP contribution is 2.18. The number of methoxy groups -OCH3 is 1. The van der Waals surface area contributed by atoms with Gasteiger partial charge in [0.25, 0.3) is 5.91 Å². The predicted molar refractivity (Wildman–Crippen MR) is 107 cm³/mol. The van der Waals surface area contributed by atoms with Crippen molar-refractivity contribution < 1.29 is 13.9 Å². The van der Waals surface area contributed by atoms with Crippen LogP contribution in [0.4, 0.5) is 10.1 Å². The Morgan fingerprint density at radius 2 is 1.82 bits per heavy atom. The Bertz CT molecular complexity index is 946. The minimum absolute atomic E-state index is 0.122. The monoisotopic (exact) mass is 379 g/mol. The van der Waals surface area contributed by atoms with Gasteiger partial charge in [-0.25, -0.2) is 4.39 Å². The highest BCUT2D eigenvalue weighted by molar-refractivity contribution is 5.94. The van der Waals surface area contributed by atoms with E-state index in [1.54, 1.807) is 37.6 Å². The standard InChI is InChI=1S/C22H22FN3O2/c1-28-21-9-5-3-6-16(21)10-11-25-19-12-18(13-24-15-19)22(27)26-14-17-7-2-4-8-20(17)23/h2-9,12-13,15,25H,10-11,14H2,1H3,(H,26,27). The van der Waals surface area contributed by atoms with Gasteiger partial charge in [0.1, 0.15) is 11.6 Å². The van der Waals surface area contributed by atoms with Gasteiger partial charge in [0.2, 0.25) is 0 Å². The molecule has 0 aliphatic carbocycles. The molecule has 1 aromatic heterocycles. The van der Waals surface area contributed by atoms with Crippen LogP contribution in [0.15, 0.2) is 67.0 Å². The minimum atomic E-state index is -0.340. The van der Waals surface area contributed by atoms with E-state index in [-0.39, 0.29) is 18.3 Å². The number of para-hydroxylation sites is 1. The summed E-state index contributed by atoms with van der Waals surface area (Å²) in [7, 11) is 1.65. The van der Waals surface area contributed by atoms with E-state index in [0.717, 1.165) is 23.4 Å². The lowest BCUT2D eigenvalue weighted by Gasteiger charge is -2.11. The first-order valence-corrected chi connectivity index (χ1v) is 9.00. The van der Waals surface area contributed by atoms with Gasteiger partial charge in [-0.2, -0.15) is 0 Å². The Morgan fingerprint density at radius 3 is 2.61 bits per heavy atom. The summed E-state index contributed by atoms with van der Waals surface area (Å²) in [5.41, 5.74) is 2.70. The smallest absolute Gasteiger partial charge is 0.253 e. The summed E-state index contributed by atoms with van der Waals surface area (Å²) in [6.45, 7) is 0.791. The normalized spacial score (nSPS) is 10.4. The number of nitrogens with one attached hydrogen (secondary N) is 2. The average molecular weight is 379 g/mol. The molecule has 0 saturated heterocycles. The van der Waals surface area contributed by atoms with Crippen molar-refractivity contribution in [2.45, 2.75) is 13.0 Å². The number of amides is 1. The Balaban J connectivity index is 1.56. The Hall–Kier alpha value is -3.41. The molecule has 1 heterocycles. The number of anilines is 1. The van der Waals surface area contributed by atoms with E-state index >= 15 is 0 Å². The third kappa shape index (κ3) is 5.07. The number of rotatable bonds is 8. The van der Waals surface area contributed by atoms with Gasteiger partial charge in [0.05, 0.1) is 18.4 Å². The van der Waals surface area contributed by atoms with E-state index in [1.165, 1.54) is 12.3 Å². The third-order valence-electron chi connectivity index (χ3n) is 4.31. The second-order valence-corrected chi connectivity index (χ2v) is 6.23. The summed E-state index contributed by atoms with van der Waals surface area (Å²) in [5.74, 6) is 0.209. The number of carbonyl (C=O) groups excluding carboxylic acids is 1. The van der Waals surface area contributed by atoms with Crippen molar-refractivity contribution in [3.05, 3.63) is 89.5 Å². The van der Waals surface area contributed by atoms with Crippen molar-refractivity contribution in [2.24, 2.45) is 0 Å². The molecule has 2 aromatic carbocycles. The van der Waals surface area contributed by atoms with Gasteiger partial charge in [-0.3, -0.25) is 9.78 Å². The van der Waals surface area contributed by atoms with E-state index < -0.39 is 0 Å². The van der Waals surface area contributed by atoms with E-state index in [1.807, 2.05) is 24.3 Å². The van der Waals surface area contributed by atoms with Crippen molar-refractivity contribution in [3.8, 4) is 5.75 Å². The minimum Gasteiger partial charge on any atom is -0.496 e. The number of halogens is 1. The molecular weight excluding hydrogens is 357 g/mol. The fraction of sp³-hybridized carbons (Fsp3) is 0.182. The van der Waals surface area contributed by atoms with Crippen LogP contribution in [0.5, 0.6) is 5.75 Å². The van der Waals surface area contributed by atoms with E-state index in [0.29, 0.717) is 17.7 Å².